The molecule has 0 aliphatic carbocycles. The lowest BCUT2D eigenvalue weighted by Crippen LogP contribution is -2.23. The minimum Gasteiger partial charge on any atom is -0.497 e. The fourth-order valence-corrected chi connectivity index (χ4v) is 9.21. The number of para-hydroxylation sites is 1. The van der Waals surface area contributed by atoms with Crippen molar-refractivity contribution in [2.45, 2.75) is 37.5 Å². The summed E-state index contributed by atoms with van der Waals surface area (Å²) in [4.78, 5) is 22.3. The lowest BCUT2D eigenvalue weighted by atomic mass is 10.1. The number of methoxy groups -OCH3 is 2. The minimum absolute atomic E-state index is 0.0751. The summed E-state index contributed by atoms with van der Waals surface area (Å²) in [5.74, 6) is -0.749. The van der Waals surface area contributed by atoms with Crippen molar-refractivity contribution in [1.29, 1.82) is 0 Å². The summed E-state index contributed by atoms with van der Waals surface area (Å²) in [5, 5.41) is 0. The average molecular weight is 795 g/mol. The zero-order valence-corrected chi connectivity index (χ0v) is 31.2. The molecule has 0 amide bonds. The van der Waals surface area contributed by atoms with Gasteiger partial charge in [0.1, 0.15) is 36.2 Å². The fourth-order valence-electron chi connectivity index (χ4n) is 5.57. The highest BCUT2D eigenvalue weighted by Gasteiger charge is 2.45. The number of aryl methyl sites for hydroxylation is 1. The van der Waals surface area contributed by atoms with Gasteiger partial charge in [0.05, 0.1) is 14.2 Å². The standard InChI is InChI=1S/C38H35O15PS/c1-45-28-18-14-26(15-19-28)35-32(50-37(39)52-35)23-47-54(41,48-24-33-36(53-38(40)51-33)27-16-20-29(46-2)21-17-27)34(55(42,43)44)13-7-9-25-8-6-12-31(22-25)49-30-10-4-3-5-11-30/h3-6,8,10-12,14-22,34H,7,9,13,23-24H2,1-2H3,(H,42,43,44)/t34-/m0/s1. The Kier molecular flexibility index (Phi) is 12.2. The quantitative estimate of drug-likeness (QED) is 0.0645. The highest BCUT2D eigenvalue weighted by atomic mass is 32.2. The highest BCUT2D eigenvalue weighted by molar-refractivity contribution is 7.94. The summed E-state index contributed by atoms with van der Waals surface area (Å²) in [6, 6.07) is 28.8. The molecule has 0 saturated carbocycles. The van der Waals surface area contributed by atoms with Gasteiger partial charge in [0.15, 0.2) is 28.0 Å². The number of hydrogen-bond donors (Lipinski definition) is 1. The first-order valence-corrected chi connectivity index (χ1v) is 19.8. The van der Waals surface area contributed by atoms with Crippen molar-refractivity contribution in [1.82, 2.24) is 0 Å². The molecule has 0 aliphatic rings. The molecule has 0 unspecified atom stereocenters. The van der Waals surface area contributed by atoms with Gasteiger partial charge in [-0.3, -0.25) is 18.2 Å². The minimum atomic E-state index is -5.16. The second-order valence-corrected chi connectivity index (χ2v) is 16.0. The van der Waals surface area contributed by atoms with Crippen molar-refractivity contribution in [3.8, 4) is 45.6 Å². The topological polar surface area (TPSA) is 204 Å². The van der Waals surface area contributed by atoms with Crippen LogP contribution in [0.3, 0.4) is 0 Å². The molecule has 0 aliphatic heterocycles. The average Bonchev–Trinajstić information content (AvgIpc) is 3.76. The van der Waals surface area contributed by atoms with Crippen LogP contribution in [0.15, 0.2) is 130 Å². The van der Waals surface area contributed by atoms with Crippen LogP contribution in [-0.4, -0.2) is 32.2 Å². The van der Waals surface area contributed by atoms with E-state index in [0.717, 1.165) is 5.56 Å². The van der Waals surface area contributed by atoms with Crippen LogP contribution in [0.4, 0.5) is 0 Å². The molecule has 17 heteroatoms. The van der Waals surface area contributed by atoms with Gasteiger partial charge in [-0.25, -0.2) is 9.59 Å². The molecule has 0 spiro atoms. The zero-order valence-electron chi connectivity index (χ0n) is 29.4. The van der Waals surface area contributed by atoms with Crippen LogP contribution >= 0.6 is 7.60 Å². The summed E-state index contributed by atoms with van der Waals surface area (Å²) in [6.45, 7) is -1.59. The third-order valence-electron chi connectivity index (χ3n) is 8.24. The third kappa shape index (κ3) is 9.92. The molecule has 6 rings (SSSR count). The van der Waals surface area contributed by atoms with E-state index >= 15 is 0 Å². The van der Waals surface area contributed by atoms with Crippen molar-refractivity contribution in [2.75, 3.05) is 14.2 Å². The maximum absolute atomic E-state index is 14.7. The molecular weight excluding hydrogens is 759 g/mol. The Labute approximate surface area is 314 Å². The van der Waals surface area contributed by atoms with Crippen LogP contribution in [0.2, 0.25) is 0 Å². The third-order valence-corrected chi connectivity index (χ3v) is 12.7. The Morgan fingerprint density at radius 1 is 0.655 bits per heavy atom. The second-order valence-electron chi connectivity index (χ2n) is 11.9. The Hall–Kier alpha value is -5.64. The van der Waals surface area contributed by atoms with Crippen LogP contribution in [0.25, 0.3) is 22.6 Å². The van der Waals surface area contributed by atoms with Crippen molar-refractivity contribution < 1.29 is 58.5 Å². The van der Waals surface area contributed by atoms with Gasteiger partial charge in [0.2, 0.25) is 0 Å². The van der Waals surface area contributed by atoms with Gasteiger partial charge in [-0.15, -0.1) is 0 Å². The van der Waals surface area contributed by atoms with Crippen LogP contribution in [-0.2, 0) is 43.4 Å². The smallest absolute Gasteiger partial charge is 0.497 e. The van der Waals surface area contributed by atoms with Gasteiger partial charge in [0.25, 0.3) is 10.1 Å². The Balaban J connectivity index is 1.27. The molecule has 2 aromatic heterocycles. The highest BCUT2D eigenvalue weighted by Crippen LogP contribution is 2.58. The van der Waals surface area contributed by atoms with Gasteiger partial charge in [0, 0.05) is 11.1 Å². The van der Waals surface area contributed by atoms with E-state index in [1.54, 1.807) is 84.9 Å². The number of hydrogen-bond acceptors (Lipinski definition) is 14. The fraction of sp³-hybridized carbons (Fsp3) is 0.211. The largest absolute Gasteiger partial charge is 0.519 e. The molecule has 0 saturated heterocycles. The van der Waals surface area contributed by atoms with Gasteiger partial charge >= 0.3 is 19.2 Å². The molecule has 4 aromatic carbocycles. The normalized spacial score (nSPS) is 12.3. The van der Waals surface area contributed by atoms with Crippen LogP contribution in [0.5, 0.6) is 23.0 Å². The number of rotatable bonds is 18. The van der Waals surface area contributed by atoms with Crippen molar-refractivity contribution in [3.05, 3.63) is 141 Å². The summed E-state index contributed by atoms with van der Waals surface area (Å²) in [6.07, 6.45) is -0.0680. The Morgan fingerprint density at radius 2 is 1.16 bits per heavy atom. The first-order chi connectivity index (χ1) is 26.4. The lowest BCUT2D eigenvalue weighted by Gasteiger charge is -2.24. The molecular formula is C38H35O15PS. The predicted molar refractivity (Wildman–Crippen MR) is 197 cm³/mol. The molecule has 2 heterocycles. The van der Waals surface area contributed by atoms with E-state index in [-0.39, 0.29) is 35.9 Å². The van der Waals surface area contributed by atoms with E-state index in [0.29, 0.717) is 34.1 Å². The Morgan fingerprint density at radius 3 is 1.65 bits per heavy atom. The summed E-state index contributed by atoms with van der Waals surface area (Å²) in [7, 11) is -7.21. The van der Waals surface area contributed by atoms with Crippen molar-refractivity contribution in [2.24, 2.45) is 0 Å². The van der Waals surface area contributed by atoms with Gasteiger partial charge < -0.3 is 31.9 Å². The summed E-state index contributed by atoms with van der Waals surface area (Å²) in [5.41, 5.74) is 1.47. The maximum atomic E-state index is 14.7. The lowest BCUT2D eigenvalue weighted by molar-refractivity contribution is 0.165. The molecule has 0 fully saturated rings. The van der Waals surface area contributed by atoms with E-state index in [4.69, 9.17) is 40.9 Å². The first kappa shape index (κ1) is 39.1. The van der Waals surface area contributed by atoms with E-state index in [9.17, 15) is 27.1 Å². The number of benzene rings is 4. The van der Waals surface area contributed by atoms with E-state index in [1.807, 2.05) is 18.2 Å². The van der Waals surface area contributed by atoms with Crippen LogP contribution in [0, 0.1) is 0 Å². The van der Waals surface area contributed by atoms with E-state index in [1.165, 1.54) is 14.2 Å². The first-order valence-electron chi connectivity index (χ1n) is 16.7. The van der Waals surface area contributed by atoms with Gasteiger partial charge in [-0.2, -0.15) is 8.42 Å². The predicted octanol–water partition coefficient (Wildman–Crippen LogP) is 8.09. The molecule has 6 aromatic rings. The molecule has 0 bridgehead atoms. The molecule has 55 heavy (non-hydrogen) atoms. The summed E-state index contributed by atoms with van der Waals surface area (Å²) >= 11 is 0. The summed E-state index contributed by atoms with van der Waals surface area (Å²) < 4.78 is 99.7. The SMILES string of the molecule is COc1ccc(-c2oc(=O)oc2COP(=O)(OCc2oc(=O)oc2-c2ccc(OC)cc2)[C@H](CCCc2cccc(Oc3ccccc3)c2)S(=O)(=O)O)cc1. The van der Waals surface area contributed by atoms with Crippen LogP contribution in [0.1, 0.15) is 29.9 Å². The zero-order chi connectivity index (χ0) is 39.0. The van der Waals surface area contributed by atoms with E-state index < -0.39 is 54.0 Å². The second kappa shape index (κ2) is 17.2. The van der Waals surface area contributed by atoms with Crippen LogP contribution < -0.4 is 25.9 Å². The maximum Gasteiger partial charge on any atom is 0.519 e. The molecule has 0 radical (unpaired) electrons. The molecule has 1 N–H and O–H groups in total. The molecule has 15 nitrogen and oxygen atoms in total. The molecule has 288 valence electrons. The molecule has 1 atom stereocenters. The van der Waals surface area contributed by atoms with Gasteiger partial charge in [-0.1, -0.05) is 30.3 Å². The van der Waals surface area contributed by atoms with Crippen molar-refractivity contribution in [3.63, 3.8) is 0 Å². The number of ether oxygens (including phenoxy) is 3. The van der Waals surface area contributed by atoms with E-state index in [2.05, 4.69) is 0 Å². The van der Waals surface area contributed by atoms with Gasteiger partial charge in [-0.05, 0) is 97.6 Å². The Bertz CT molecular complexity index is 2360. The van der Waals surface area contributed by atoms with Crippen molar-refractivity contribution >= 4 is 17.7 Å². The monoisotopic (exact) mass is 794 g/mol.